The fourth-order valence-electron chi connectivity index (χ4n) is 1.53. The van der Waals surface area contributed by atoms with E-state index in [0.29, 0.717) is 23.6 Å². The Morgan fingerprint density at radius 3 is 2.88 bits per heavy atom. The maximum Gasteiger partial charge on any atom is 0.271 e. The summed E-state index contributed by atoms with van der Waals surface area (Å²) in [7, 11) is 0. The van der Waals surface area contributed by atoms with Crippen molar-refractivity contribution in [2.75, 3.05) is 6.61 Å². The quantitative estimate of drug-likeness (QED) is 0.821. The molecule has 88 valence electrons. The molecule has 2 rings (SSSR count). The molecular formula is C11H12N4O2. The molecule has 0 radical (unpaired) electrons. The maximum atomic E-state index is 11.2. The lowest BCUT2D eigenvalue weighted by Gasteiger charge is -2.07. The Labute approximate surface area is 97.8 Å². The van der Waals surface area contributed by atoms with E-state index in [9.17, 15) is 4.79 Å². The third-order valence-corrected chi connectivity index (χ3v) is 2.22. The van der Waals surface area contributed by atoms with E-state index in [0.717, 1.165) is 0 Å². The molecule has 1 heterocycles. The molecule has 2 aromatic rings. The van der Waals surface area contributed by atoms with E-state index in [2.05, 4.69) is 15.4 Å². The molecule has 0 aliphatic heterocycles. The fourth-order valence-corrected chi connectivity index (χ4v) is 1.53. The van der Waals surface area contributed by atoms with Crippen molar-refractivity contribution in [2.45, 2.75) is 6.92 Å². The van der Waals surface area contributed by atoms with E-state index < -0.39 is 5.91 Å². The number of benzene rings is 1. The van der Waals surface area contributed by atoms with Crippen molar-refractivity contribution in [2.24, 2.45) is 5.73 Å². The molecular weight excluding hydrogens is 220 g/mol. The lowest BCUT2D eigenvalue weighted by atomic mass is 10.1. The average Bonchev–Trinajstić information content (AvgIpc) is 2.79. The Hall–Kier alpha value is -2.37. The van der Waals surface area contributed by atoms with Gasteiger partial charge in [0.1, 0.15) is 11.4 Å². The van der Waals surface area contributed by atoms with Crippen molar-refractivity contribution in [3.63, 3.8) is 0 Å². The van der Waals surface area contributed by atoms with Crippen molar-refractivity contribution < 1.29 is 9.53 Å². The number of ether oxygens (including phenoxy) is 1. The second-order valence-electron chi connectivity index (χ2n) is 3.31. The number of rotatable bonds is 4. The van der Waals surface area contributed by atoms with Gasteiger partial charge in [0.15, 0.2) is 5.69 Å². The summed E-state index contributed by atoms with van der Waals surface area (Å²) >= 11 is 0. The first kappa shape index (κ1) is 11.1. The van der Waals surface area contributed by atoms with Crippen LogP contribution in [0.15, 0.2) is 24.3 Å². The number of carbonyl (C=O) groups excluding carboxylic acids is 1. The van der Waals surface area contributed by atoms with Gasteiger partial charge in [-0.25, -0.2) is 0 Å². The van der Waals surface area contributed by atoms with Gasteiger partial charge in [0.25, 0.3) is 5.91 Å². The van der Waals surface area contributed by atoms with E-state index in [-0.39, 0.29) is 5.69 Å². The van der Waals surface area contributed by atoms with Crippen molar-refractivity contribution in [3.05, 3.63) is 30.0 Å². The Morgan fingerprint density at radius 2 is 2.18 bits per heavy atom. The van der Waals surface area contributed by atoms with Crippen LogP contribution < -0.4 is 10.5 Å². The van der Waals surface area contributed by atoms with Crippen LogP contribution in [0.4, 0.5) is 0 Å². The summed E-state index contributed by atoms with van der Waals surface area (Å²) in [4.78, 5) is 11.2. The fraction of sp³-hybridized carbons (Fsp3) is 0.182. The molecule has 0 atom stereocenters. The van der Waals surface area contributed by atoms with E-state index in [4.69, 9.17) is 10.5 Å². The summed E-state index contributed by atoms with van der Waals surface area (Å²) in [6.07, 6.45) is 0. The molecule has 0 fully saturated rings. The van der Waals surface area contributed by atoms with Crippen molar-refractivity contribution in [3.8, 4) is 17.0 Å². The molecule has 0 unspecified atom stereocenters. The summed E-state index contributed by atoms with van der Waals surface area (Å²) < 4.78 is 5.46. The molecule has 3 N–H and O–H groups in total. The number of primary amides is 1. The second kappa shape index (κ2) is 4.65. The van der Waals surface area contributed by atoms with Gasteiger partial charge in [0.05, 0.1) is 6.61 Å². The molecule has 0 aliphatic rings. The van der Waals surface area contributed by atoms with Crippen molar-refractivity contribution in [1.29, 1.82) is 0 Å². The number of nitrogens with zero attached hydrogens (tertiary/aromatic N) is 2. The van der Waals surface area contributed by atoms with Gasteiger partial charge in [0.2, 0.25) is 0 Å². The van der Waals surface area contributed by atoms with Crippen LogP contribution in [0.3, 0.4) is 0 Å². The predicted octanol–water partition coefficient (Wildman–Crippen LogP) is 0.969. The Morgan fingerprint density at radius 1 is 1.41 bits per heavy atom. The smallest absolute Gasteiger partial charge is 0.271 e. The van der Waals surface area contributed by atoms with Crippen LogP contribution in [-0.4, -0.2) is 27.9 Å². The van der Waals surface area contributed by atoms with E-state index >= 15 is 0 Å². The van der Waals surface area contributed by atoms with Gasteiger partial charge in [-0.15, -0.1) is 0 Å². The summed E-state index contributed by atoms with van der Waals surface area (Å²) in [5.74, 6) is 0.0199. The number of H-pyrrole nitrogens is 1. The lowest BCUT2D eigenvalue weighted by molar-refractivity contribution is 0.0996. The van der Waals surface area contributed by atoms with E-state index in [1.807, 2.05) is 19.1 Å². The van der Waals surface area contributed by atoms with E-state index in [1.54, 1.807) is 12.1 Å². The van der Waals surface area contributed by atoms with Gasteiger partial charge in [-0.2, -0.15) is 15.4 Å². The van der Waals surface area contributed by atoms with Crippen LogP contribution in [0.5, 0.6) is 5.75 Å². The van der Waals surface area contributed by atoms with Crippen LogP contribution >= 0.6 is 0 Å². The number of amides is 1. The topological polar surface area (TPSA) is 93.9 Å². The van der Waals surface area contributed by atoms with Gasteiger partial charge in [0, 0.05) is 5.56 Å². The third-order valence-electron chi connectivity index (χ3n) is 2.22. The Bertz CT molecular complexity index is 536. The van der Waals surface area contributed by atoms with E-state index in [1.165, 1.54) is 0 Å². The first-order chi connectivity index (χ1) is 8.24. The zero-order chi connectivity index (χ0) is 12.3. The number of para-hydroxylation sites is 1. The van der Waals surface area contributed by atoms with Crippen molar-refractivity contribution in [1.82, 2.24) is 15.4 Å². The molecule has 0 spiro atoms. The SMILES string of the molecule is CCOc1ccccc1-c1n[nH]nc1C(N)=O. The van der Waals surface area contributed by atoms with Gasteiger partial charge >= 0.3 is 0 Å². The third kappa shape index (κ3) is 2.10. The first-order valence-electron chi connectivity index (χ1n) is 5.16. The number of aromatic nitrogens is 3. The lowest BCUT2D eigenvalue weighted by Crippen LogP contribution is -2.13. The minimum absolute atomic E-state index is 0.108. The molecule has 6 nitrogen and oxygen atoms in total. The van der Waals surface area contributed by atoms with Crippen LogP contribution in [0.25, 0.3) is 11.3 Å². The zero-order valence-electron chi connectivity index (χ0n) is 9.30. The molecule has 1 aromatic carbocycles. The Kier molecular flexibility index (Phi) is 3.04. The summed E-state index contributed by atoms with van der Waals surface area (Å²) in [5, 5.41) is 10.1. The summed E-state index contributed by atoms with van der Waals surface area (Å²) in [6, 6.07) is 7.28. The summed E-state index contributed by atoms with van der Waals surface area (Å²) in [6.45, 7) is 2.41. The molecule has 1 aromatic heterocycles. The predicted molar refractivity (Wildman–Crippen MR) is 61.5 cm³/mol. The number of hydrogen-bond acceptors (Lipinski definition) is 4. The highest BCUT2D eigenvalue weighted by atomic mass is 16.5. The number of nitrogens with two attached hydrogens (primary N) is 1. The second-order valence-corrected chi connectivity index (χ2v) is 3.31. The average molecular weight is 232 g/mol. The highest BCUT2D eigenvalue weighted by Crippen LogP contribution is 2.29. The van der Waals surface area contributed by atoms with Gasteiger partial charge in [-0.3, -0.25) is 4.79 Å². The minimum Gasteiger partial charge on any atom is -0.493 e. The molecule has 0 saturated carbocycles. The van der Waals surface area contributed by atoms with Crippen molar-refractivity contribution >= 4 is 5.91 Å². The number of hydrogen-bond donors (Lipinski definition) is 2. The van der Waals surface area contributed by atoms with Gasteiger partial charge in [-0.05, 0) is 19.1 Å². The Balaban J connectivity index is 2.52. The van der Waals surface area contributed by atoms with Crippen LogP contribution in [0, 0.1) is 0 Å². The minimum atomic E-state index is -0.625. The first-order valence-corrected chi connectivity index (χ1v) is 5.16. The van der Waals surface area contributed by atoms with Crippen LogP contribution in [0.1, 0.15) is 17.4 Å². The molecule has 17 heavy (non-hydrogen) atoms. The molecule has 0 bridgehead atoms. The highest BCUT2D eigenvalue weighted by Gasteiger charge is 2.17. The summed E-state index contributed by atoms with van der Waals surface area (Å²) in [5.41, 5.74) is 6.42. The van der Waals surface area contributed by atoms with Gasteiger partial charge in [-0.1, -0.05) is 12.1 Å². The maximum absolute atomic E-state index is 11.2. The number of nitrogens with one attached hydrogen (secondary N) is 1. The van der Waals surface area contributed by atoms with Gasteiger partial charge < -0.3 is 10.5 Å². The number of aromatic amines is 1. The molecule has 0 saturated heterocycles. The van der Waals surface area contributed by atoms with Crippen LogP contribution in [0.2, 0.25) is 0 Å². The zero-order valence-corrected chi connectivity index (χ0v) is 9.30. The highest BCUT2D eigenvalue weighted by molar-refractivity contribution is 5.97. The normalized spacial score (nSPS) is 10.2. The monoisotopic (exact) mass is 232 g/mol. The molecule has 1 amide bonds. The number of carbonyl (C=O) groups is 1. The standard InChI is InChI=1S/C11H12N4O2/c1-2-17-8-6-4-3-5-7(8)9-10(11(12)16)14-15-13-9/h3-6H,2H2,1H3,(H2,12,16)(H,13,14,15). The largest absolute Gasteiger partial charge is 0.493 e. The molecule has 0 aliphatic carbocycles. The molecule has 6 heteroatoms. The van der Waals surface area contributed by atoms with Crippen LogP contribution in [-0.2, 0) is 0 Å².